The van der Waals surface area contributed by atoms with E-state index in [1.807, 2.05) is 36.6 Å². The number of benzene rings is 1. The molecule has 5 heteroatoms. The lowest BCUT2D eigenvalue weighted by Crippen LogP contribution is -2.05. The molecule has 0 fully saturated rings. The molecule has 2 rings (SSSR count). The van der Waals surface area contributed by atoms with Crippen LogP contribution in [0.25, 0.3) is 12.2 Å². The molecule has 0 aliphatic heterocycles. The first-order valence-corrected chi connectivity index (χ1v) is 6.91. The van der Waals surface area contributed by atoms with Crippen molar-refractivity contribution in [2.75, 3.05) is 13.4 Å². The van der Waals surface area contributed by atoms with Crippen LogP contribution in [0.4, 0.5) is 0 Å². The van der Waals surface area contributed by atoms with Crippen LogP contribution in [0, 0.1) is 0 Å². The van der Waals surface area contributed by atoms with E-state index in [-0.39, 0.29) is 5.56 Å². The molecular weight excluding hydrogens is 260 g/mol. The fourth-order valence-electron chi connectivity index (χ4n) is 1.58. The van der Waals surface area contributed by atoms with Gasteiger partial charge in [0.25, 0.3) is 5.56 Å². The van der Waals surface area contributed by atoms with Gasteiger partial charge in [0, 0.05) is 11.0 Å². The predicted octanol–water partition coefficient (Wildman–Crippen LogP) is 2.67. The van der Waals surface area contributed by atoms with E-state index in [2.05, 4.69) is 10.2 Å². The van der Waals surface area contributed by atoms with Gasteiger partial charge in [0.2, 0.25) is 0 Å². The number of hydrogen-bond donors (Lipinski definition) is 1. The average Bonchev–Trinajstić information content (AvgIpc) is 2.46. The third kappa shape index (κ3) is 3.48. The molecule has 1 N–H and O–H groups in total. The number of nitrogens with one attached hydrogen (secondary N) is 1. The second-order valence-corrected chi connectivity index (χ2v) is 4.64. The highest BCUT2D eigenvalue weighted by molar-refractivity contribution is 7.98. The van der Waals surface area contributed by atoms with Crippen LogP contribution in [0.2, 0.25) is 0 Å². The van der Waals surface area contributed by atoms with Crippen molar-refractivity contribution in [2.24, 2.45) is 0 Å². The Kier molecular flexibility index (Phi) is 4.41. The first kappa shape index (κ1) is 13.4. The summed E-state index contributed by atoms with van der Waals surface area (Å²) in [5.41, 5.74) is 1.59. The van der Waals surface area contributed by atoms with Gasteiger partial charge in [-0.3, -0.25) is 4.79 Å². The first-order valence-electron chi connectivity index (χ1n) is 5.69. The summed E-state index contributed by atoms with van der Waals surface area (Å²) < 4.78 is 5.20. The number of thioether (sulfide) groups is 1. The smallest absolute Gasteiger partial charge is 0.264 e. The Morgan fingerprint density at radius 1 is 1.26 bits per heavy atom. The molecule has 1 heterocycles. The quantitative estimate of drug-likeness (QED) is 0.871. The lowest BCUT2D eigenvalue weighted by atomic mass is 10.2. The van der Waals surface area contributed by atoms with Gasteiger partial charge in [-0.15, -0.1) is 11.8 Å². The Morgan fingerprint density at radius 3 is 2.74 bits per heavy atom. The van der Waals surface area contributed by atoms with Crippen molar-refractivity contribution in [3.05, 3.63) is 51.9 Å². The minimum Gasteiger partial charge on any atom is -0.497 e. The van der Waals surface area contributed by atoms with Crippen molar-refractivity contribution >= 4 is 23.9 Å². The molecule has 0 saturated carbocycles. The summed E-state index contributed by atoms with van der Waals surface area (Å²) in [4.78, 5) is 12.0. The zero-order chi connectivity index (χ0) is 13.7. The highest BCUT2D eigenvalue weighted by Gasteiger charge is 2.00. The number of rotatable bonds is 4. The number of methoxy groups -OCH3 is 1. The number of aromatic nitrogens is 2. The number of nitrogens with zero attached hydrogens (tertiary/aromatic N) is 1. The maximum absolute atomic E-state index is 10.9. The van der Waals surface area contributed by atoms with E-state index < -0.39 is 0 Å². The second-order valence-electron chi connectivity index (χ2n) is 3.79. The van der Waals surface area contributed by atoms with E-state index in [1.54, 1.807) is 24.9 Å². The van der Waals surface area contributed by atoms with Crippen molar-refractivity contribution in [2.45, 2.75) is 4.90 Å². The largest absolute Gasteiger partial charge is 0.497 e. The maximum Gasteiger partial charge on any atom is 0.264 e. The molecule has 0 bridgehead atoms. The third-order valence-corrected chi connectivity index (χ3v) is 3.37. The monoisotopic (exact) mass is 274 g/mol. The van der Waals surface area contributed by atoms with E-state index >= 15 is 0 Å². The Labute approximate surface area is 115 Å². The summed E-state index contributed by atoms with van der Waals surface area (Å²) in [6.45, 7) is 0. The molecule has 1 aromatic carbocycles. The lowest BCUT2D eigenvalue weighted by Gasteiger charge is -2.05. The van der Waals surface area contributed by atoms with Crippen molar-refractivity contribution in [1.82, 2.24) is 10.2 Å². The minimum atomic E-state index is -0.202. The van der Waals surface area contributed by atoms with Crippen molar-refractivity contribution < 1.29 is 4.74 Å². The molecule has 19 heavy (non-hydrogen) atoms. The number of aromatic amines is 1. The zero-order valence-corrected chi connectivity index (χ0v) is 11.5. The highest BCUT2D eigenvalue weighted by atomic mass is 32.2. The minimum absolute atomic E-state index is 0.202. The van der Waals surface area contributed by atoms with Crippen molar-refractivity contribution in [1.29, 1.82) is 0 Å². The van der Waals surface area contributed by atoms with Gasteiger partial charge in [-0.05, 0) is 36.1 Å². The van der Waals surface area contributed by atoms with Crippen LogP contribution in [-0.2, 0) is 0 Å². The third-order valence-electron chi connectivity index (χ3n) is 2.57. The Hall–Kier alpha value is -2.01. The zero-order valence-electron chi connectivity index (χ0n) is 10.7. The fraction of sp³-hybridized carbons (Fsp3) is 0.143. The Balaban J connectivity index is 2.27. The highest BCUT2D eigenvalue weighted by Crippen LogP contribution is 2.26. The molecule has 0 aliphatic carbocycles. The van der Waals surface area contributed by atoms with Crippen LogP contribution in [0.5, 0.6) is 5.75 Å². The molecule has 4 nitrogen and oxygen atoms in total. The second kappa shape index (κ2) is 6.24. The van der Waals surface area contributed by atoms with Crippen molar-refractivity contribution in [3.8, 4) is 5.75 Å². The van der Waals surface area contributed by atoms with Crippen LogP contribution in [0.15, 0.2) is 40.0 Å². The molecule has 0 saturated heterocycles. The van der Waals surface area contributed by atoms with Gasteiger partial charge < -0.3 is 4.74 Å². The van der Waals surface area contributed by atoms with E-state index in [1.165, 1.54) is 6.07 Å². The van der Waals surface area contributed by atoms with Crippen LogP contribution >= 0.6 is 11.8 Å². The van der Waals surface area contributed by atoms with E-state index in [0.29, 0.717) is 5.69 Å². The topological polar surface area (TPSA) is 55.0 Å². The maximum atomic E-state index is 10.9. The number of H-pyrrole nitrogens is 1. The fourth-order valence-corrected chi connectivity index (χ4v) is 2.19. The first-order chi connectivity index (χ1) is 9.22. The van der Waals surface area contributed by atoms with Gasteiger partial charge in [0.1, 0.15) is 5.75 Å². The average molecular weight is 274 g/mol. The summed E-state index contributed by atoms with van der Waals surface area (Å²) in [6.07, 6.45) is 5.84. The summed E-state index contributed by atoms with van der Waals surface area (Å²) in [5.74, 6) is 0.837. The van der Waals surface area contributed by atoms with E-state index in [0.717, 1.165) is 16.2 Å². The lowest BCUT2D eigenvalue weighted by molar-refractivity contribution is 0.413. The molecule has 0 radical (unpaired) electrons. The van der Waals surface area contributed by atoms with E-state index in [4.69, 9.17) is 4.74 Å². The van der Waals surface area contributed by atoms with Gasteiger partial charge in [-0.25, -0.2) is 5.10 Å². The summed E-state index contributed by atoms with van der Waals surface area (Å²) in [5, 5.41) is 6.33. The van der Waals surface area contributed by atoms with Gasteiger partial charge in [0.05, 0.1) is 12.8 Å². The van der Waals surface area contributed by atoms with Gasteiger partial charge in [-0.2, -0.15) is 5.10 Å². The van der Waals surface area contributed by atoms with Crippen LogP contribution in [0.1, 0.15) is 11.3 Å². The van der Waals surface area contributed by atoms with Crippen molar-refractivity contribution in [3.63, 3.8) is 0 Å². The summed E-state index contributed by atoms with van der Waals surface area (Å²) >= 11 is 1.65. The molecule has 0 amide bonds. The standard InChI is InChI=1S/C14H14N2O2S/c1-18-12-7-4-10(13(9-12)19-2)3-5-11-6-8-14(17)16-15-11/h3-9H,1-2H3,(H,16,17). The van der Waals surface area contributed by atoms with Crippen LogP contribution in [-0.4, -0.2) is 23.6 Å². The van der Waals surface area contributed by atoms with Crippen LogP contribution < -0.4 is 10.3 Å². The predicted molar refractivity (Wildman–Crippen MR) is 78.6 cm³/mol. The van der Waals surface area contributed by atoms with Gasteiger partial charge >= 0.3 is 0 Å². The normalized spacial score (nSPS) is 10.8. The molecule has 1 aromatic heterocycles. The number of ether oxygens (including phenoxy) is 1. The molecule has 98 valence electrons. The van der Waals surface area contributed by atoms with Gasteiger partial charge in [-0.1, -0.05) is 12.1 Å². The summed E-state index contributed by atoms with van der Waals surface area (Å²) in [6, 6.07) is 9.03. The SMILES string of the molecule is COc1ccc(C=Cc2ccc(=O)[nH]n2)c(SC)c1. The molecule has 0 unspecified atom stereocenters. The van der Waals surface area contributed by atoms with Gasteiger partial charge in [0.15, 0.2) is 0 Å². The molecule has 0 spiro atoms. The Morgan fingerprint density at radius 2 is 2.11 bits per heavy atom. The molecule has 0 aliphatic rings. The van der Waals surface area contributed by atoms with E-state index in [9.17, 15) is 4.79 Å². The number of hydrogen-bond acceptors (Lipinski definition) is 4. The Bertz CT molecular complexity index is 630. The molecule has 0 atom stereocenters. The molecule has 2 aromatic rings. The molecular formula is C14H14N2O2S. The van der Waals surface area contributed by atoms with Crippen LogP contribution in [0.3, 0.4) is 0 Å². The summed E-state index contributed by atoms with van der Waals surface area (Å²) in [7, 11) is 1.65.